The minimum atomic E-state index is -0.408. The highest BCUT2D eigenvalue weighted by molar-refractivity contribution is 5.97. The summed E-state index contributed by atoms with van der Waals surface area (Å²) in [4.78, 5) is 40.3. The van der Waals surface area contributed by atoms with Crippen LogP contribution in [0.25, 0.3) is 11.0 Å². The van der Waals surface area contributed by atoms with Gasteiger partial charge >= 0.3 is 0 Å². The van der Waals surface area contributed by atoms with Crippen molar-refractivity contribution >= 4 is 16.9 Å². The van der Waals surface area contributed by atoms with Crippen LogP contribution in [0.4, 0.5) is 0 Å². The molecule has 25 heavy (non-hydrogen) atoms. The average molecular weight is 339 g/mol. The number of aromatic amines is 2. The van der Waals surface area contributed by atoms with Crippen LogP contribution in [-0.2, 0) is 4.74 Å². The van der Waals surface area contributed by atoms with Crippen LogP contribution in [0.15, 0.2) is 35.4 Å². The van der Waals surface area contributed by atoms with Crippen molar-refractivity contribution in [3.8, 4) is 0 Å². The summed E-state index contributed by atoms with van der Waals surface area (Å²) in [5.74, 6) is 0.450. The van der Waals surface area contributed by atoms with Crippen molar-refractivity contribution in [1.29, 1.82) is 0 Å². The lowest BCUT2D eigenvalue weighted by Crippen LogP contribution is -2.42. The Morgan fingerprint density at radius 3 is 3.08 bits per heavy atom. The highest BCUT2D eigenvalue weighted by Gasteiger charge is 2.27. The first-order valence-corrected chi connectivity index (χ1v) is 8.02. The number of nitrogens with one attached hydrogen (secondary N) is 2. The molecule has 2 N–H and O–H groups in total. The molecule has 3 aromatic rings. The van der Waals surface area contributed by atoms with Crippen LogP contribution in [0.5, 0.6) is 0 Å². The van der Waals surface area contributed by atoms with Crippen LogP contribution in [0.3, 0.4) is 0 Å². The van der Waals surface area contributed by atoms with Crippen molar-refractivity contribution in [3.63, 3.8) is 0 Å². The summed E-state index contributed by atoms with van der Waals surface area (Å²) < 4.78 is 5.72. The fraction of sp³-hybridized carbons (Fsp3) is 0.294. The summed E-state index contributed by atoms with van der Waals surface area (Å²) in [6.45, 7) is 2.97. The number of aryl methyl sites for hydroxylation is 1. The number of H-pyrrole nitrogens is 2. The number of carbonyl (C=O) groups is 1. The normalized spacial score (nSPS) is 17.8. The van der Waals surface area contributed by atoms with E-state index in [-0.39, 0.29) is 11.5 Å². The van der Waals surface area contributed by atoms with Gasteiger partial charge in [0.2, 0.25) is 0 Å². The summed E-state index contributed by atoms with van der Waals surface area (Å²) in [6.07, 6.45) is 1.19. The maximum absolute atomic E-state index is 12.8. The van der Waals surface area contributed by atoms with Gasteiger partial charge < -0.3 is 19.6 Å². The molecule has 8 nitrogen and oxygen atoms in total. The smallest absolute Gasteiger partial charge is 0.254 e. The number of amides is 1. The summed E-state index contributed by atoms with van der Waals surface area (Å²) in [5.41, 5.74) is 2.55. The van der Waals surface area contributed by atoms with Crippen LogP contribution in [0.2, 0.25) is 0 Å². The fourth-order valence-electron chi connectivity index (χ4n) is 3.03. The van der Waals surface area contributed by atoms with E-state index in [2.05, 4.69) is 19.9 Å². The van der Waals surface area contributed by atoms with E-state index in [1.807, 2.05) is 6.07 Å². The molecule has 128 valence electrons. The number of aromatic nitrogens is 4. The minimum absolute atomic E-state index is 0.0774. The topological polar surface area (TPSA) is 104 Å². The lowest BCUT2D eigenvalue weighted by Gasteiger charge is -2.32. The van der Waals surface area contributed by atoms with Crippen LogP contribution in [0, 0.1) is 6.92 Å². The Hall–Kier alpha value is -3.00. The van der Waals surface area contributed by atoms with Crippen molar-refractivity contribution in [2.45, 2.75) is 13.0 Å². The summed E-state index contributed by atoms with van der Waals surface area (Å²) in [5, 5.41) is 0. The van der Waals surface area contributed by atoms with Gasteiger partial charge in [-0.3, -0.25) is 9.59 Å². The summed E-state index contributed by atoms with van der Waals surface area (Å²) >= 11 is 0. The van der Waals surface area contributed by atoms with Crippen LogP contribution >= 0.6 is 0 Å². The molecule has 1 aliphatic heterocycles. The number of hydrogen-bond donors (Lipinski definition) is 2. The van der Waals surface area contributed by atoms with E-state index in [1.165, 1.54) is 6.07 Å². The predicted octanol–water partition coefficient (Wildman–Crippen LogP) is 1.17. The minimum Gasteiger partial charge on any atom is -0.368 e. The Labute approximate surface area is 142 Å². The van der Waals surface area contributed by atoms with E-state index < -0.39 is 6.10 Å². The first-order chi connectivity index (χ1) is 12.1. The molecule has 0 aliphatic carbocycles. The molecular weight excluding hydrogens is 322 g/mol. The standard InChI is InChI=1S/C17H17N5O3/c1-10-20-14(7-16(23)21-10)15-8-22(4-5-25-15)17(24)11-2-3-12-13(6-11)19-9-18-12/h2-3,6-7,9,15H,4-5,8H2,1H3,(H,18,19)(H,20,21,23)/t15-/m0/s1. The van der Waals surface area contributed by atoms with Crippen LogP contribution in [-0.4, -0.2) is 50.4 Å². The second-order valence-electron chi connectivity index (χ2n) is 6.00. The second kappa shape index (κ2) is 6.14. The maximum atomic E-state index is 12.8. The van der Waals surface area contributed by atoms with Gasteiger partial charge in [-0.1, -0.05) is 0 Å². The Balaban J connectivity index is 1.57. The zero-order valence-corrected chi connectivity index (χ0v) is 13.7. The van der Waals surface area contributed by atoms with Gasteiger partial charge in [-0.25, -0.2) is 9.97 Å². The van der Waals surface area contributed by atoms with Gasteiger partial charge in [-0.2, -0.15) is 0 Å². The summed E-state index contributed by atoms with van der Waals surface area (Å²) in [6, 6.07) is 6.80. The van der Waals surface area contributed by atoms with Crippen molar-refractivity contribution in [3.05, 3.63) is 58.0 Å². The Bertz CT molecular complexity index is 993. The first-order valence-electron chi connectivity index (χ1n) is 8.02. The lowest BCUT2D eigenvalue weighted by molar-refractivity contribution is -0.0248. The molecule has 0 spiro atoms. The molecule has 1 atom stereocenters. The zero-order valence-electron chi connectivity index (χ0n) is 13.7. The van der Waals surface area contributed by atoms with Crippen molar-refractivity contribution in [2.75, 3.05) is 19.7 Å². The molecule has 3 heterocycles. The third-order valence-corrected chi connectivity index (χ3v) is 4.23. The predicted molar refractivity (Wildman–Crippen MR) is 90.3 cm³/mol. The molecule has 1 amide bonds. The highest BCUT2D eigenvalue weighted by atomic mass is 16.5. The number of imidazole rings is 1. The molecule has 1 fully saturated rings. The van der Waals surface area contributed by atoms with Crippen molar-refractivity contribution in [1.82, 2.24) is 24.8 Å². The monoisotopic (exact) mass is 339 g/mol. The van der Waals surface area contributed by atoms with Gasteiger partial charge in [0.05, 0.1) is 36.2 Å². The number of ether oxygens (including phenoxy) is 1. The molecule has 8 heteroatoms. The Kier molecular flexibility index (Phi) is 3.81. The average Bonchev–Trinajstić information content (AvgIpc) is 3.08. The molecule has 0 radical (unpaired) electrons. The van der Waals surface area contributed by atoms with E-state index in [4.69, 9.17) is 4.74 Å². The number of hydrogen-bond acceptors (Lipinski definition) is 5. The summed E-state index contributed by atoms with van der Waals surface area (Å²) in [7, 11) is 0. The number of rotatable bonds is 2. The van der Waals surface area contributed by atoms with Crippen LogP contribution in [0.1, 0.15) is 28.0 Å². The van der Waals surface area contributed by atoms with Crippen LogP contribution < -0.4 is 5.56 Å². The molecule has 0 saturated carbocycles. The van der Waals surface area contributed by atoms with Gasteiger partial charge in [0, 0.05) is 18.2 Å². The number of fused-ring (bicyclic) bond motifs is 1. The van der Waals surface area contributed by atoms with Gasteiger partial charge in [-0.15, -0.1) is 0 Å². The van der Waals surface area contributed by atoms with E-state index in [0.29, 0.717) is 36.8 Å². The second-order valence-corrected chi connectivity index (χ2v) is 6.00. The number of benzene rings is 1. The molecule has 0 unspecified atom stereocenters. The number of nitrogens with zero attached hydrogens (tertiary/aromatic N) is 3. The van der Waals surface area contributed by atoms with Crippen molar-refractivity contribution in [2.24, 2.45) is 0 Å². The third-order valence-electron chi connectivity index (χ3n) is 4.23. The van der Waals surface area contributed by atoms with Gasteiger partial charge in [0.25, 0.3) is 11.5 Å². The maximum Gasteiger partial charge on any atom is 0.254 e. The van der Waals surface area contributed by atoms with Gasteiger partial charge in [0.15, 0.2) is 0 Å². The highest BCUT2D eigenvalue weighted by Crippen LogP contribution is 2.22. The fourth-order valence-corrected chi connectivity index (χ4v) is 3.03. The molecule has 1 aliphatic rings. The lowest BCUT2D eigenvalue weighted by atomic mass is 10.1. The van der Waals surface area contributed by atoms with Gasteiger partial charge in [-0.05, 0) is 25.1 Å². The largest absolute Gasteiger partial charge is 0.368 e. The van der Waals surface area contributed by atoms with E-state index in [0.717, 1.165) is 11.0 Å². The molecule has 0 bridgehead atoms. The molecule has 2 aromatic heterocycles. The third kappa shape index (κ3) is 3.03. The van der Waals surface area contributed by atoms with E-state index >= 15 is 0 Å². The zero-order chi connectivity index (χ0) is 17.4. The van der Waals surface area contributed by atoms with E-state index in [9.17, 15) is 9.59 Å². The number of morpholine rings is 1. The van der Waals surface area contributed by atoms with Crippen molar-refractivity contribution < 1.29 is 9.53 Å². The Morgan fingerprint density at radius 1 is 1.36 bits per heavy atom. The first kappa shape index (κ1) is 15.5. The van der Waals surface area contributed by atoms with E-state index in [1.54, 1.807) is 30.3 Å². The quantitative estimate of drug-likeness (QED) is 0.729. The van der Waals surface area contributed by atoms with Gasteiger partial charge in [0.1, 0.15) is 11.9 Å². The number of carbonyl (C=O) groups excluding carboxylic acids is 1. The molecular formula is C17H17N5O3. The molecule has 1 saturated heterocycles. The Morgan fingerprint density at radius 2 is 2.24 bits per heavy atom. The SMILES string of the molecule is Cc1nc([C@@H]2CN(C(=O)c3ccc4nc[nH]c4c3)CCO2)cc(=O)[nH]1. The molecule has 1 aromatic carbocycles. The molecule has 4 rings (SSSR count).